The Kier molecular flexibility index (Phi) is 8.02. The highest BCUT2D eigenvalue weighted by Crippen LogP contribution is 2.20. The van der Waals surface area contributed by atoms with Crippen LogP contribution >= 0.6 is 0 Å². The Morgan fingerprint density at radius 2 is 2.04 bits per heavy atom. The van der Waals surface area contributed by atoms with Crippen LogP contribution in [0.5, 0.6) is 0 Å². The molecule has 2 N–H and O–H groups in total. The molecule has 1 saturated heterocycles. The van der Waals surface area contributed by atoms with Crippen molar-refractivity contribution in [3.63, 3.8) is 0 Å². The summed E-state index contributed by atoms with van der Waals surface area (Å²) in [7, 11) is 0. The smallest absolute Gasteiger partial charge is 0.191 e. The zero-order chi connectivity index (χ0) is 17.2. The second kappa shape index (κ2) is 10.3. The molecule has 1 fully saturated rings. The van der Waals surface area contributed by atoms with E-state index < -0.39 is 0 Å². The number of nitrogens with zero attached hydrogens (tertiary/aromatic N) is 3. The summed E-state index contributed by atoms with van der Waals surface area (Å²) in [6.07, 6.45) is 4.33. The number of hydrogen-bond acceptors (Lipinski definition) is 3. The van der Waals surface area contributed by atoms with Crippen molar-refractivity contribution in [2.45, 2.75) is 40.2 Å². The van der Waals surface area contributed by atoms with Crippen molar-refractivity contribution in [1.82, 2.24) is 20.5 Å². The number of nitrogens with one attached hydrogen (secondary N) is 2. The average molecular weight is 332 g/mol. The fourth-order valence-electron chi connectivity index (χ4n) is 3.48. The number of aliphatic imine (C=N–C) groups is 1. The van der Waals surface area contributed by atoms with Gasteiger partial charge in [-0.25, -0.2) is 4.99 Å². The largest absolute Gasteiger partial charge is 0.357 e. The van der Waals surface area contributed by atoms with Crippen LogP contribution in [0.3, 0.4) is 0 Å². The number of rotatable bonds is 7. The highest BCUT2D eigenvalue weighted by atomic mass is 15.2. The van der Waals surface area contributed by atoms with Crippen molar-refractivity contribution in [2.24, 2.45) is 16.8 Å². The molecule has 5 nitrogen and oxygen atoms in total. The van der Waals surface area contributed by atoms with Gasteiger partial charge in [-0.2, -0.15) is 0 Å². The van der Waals surface area contributed by atoms with E-state index in [-0.39, 0.29) is 0 Å². The molecule has 1 aliphatic heterocycles. The SMILES string of the molecule is CCNC(=NCc1ccccn1)NCCCN1CC(C)CC(C)C1. The van der Waals surface area contributed by atoms with Crippen LogP contribution in [0.25, 0.3) is 0 Å². The van der Waals surface area contributed by atoms with E-state index in [4.69, 9.17) is 0 Å². The van der Waals surface area contributed by atoms with Gasteiger partial charge in [0, 0.05) is 32.4 Å². The van der Waals surface area contributed by atoms with Gasteiger partial charge in [0.25, 0.3) is 0 Å². The summed E-state index contributed by atoms with van der Waals surface area (Å²) < 4.78 is 0. The Balaban J connectivity index is 1.71. The standard InChI is InChI=1S/C19H33N5/c1-4-20-19(23-13-18-8-5-6-9-21-18)22-10-7-11-24-14-16(2)12-17(3)15-24/h5-6,8-9,16-17H,4,7,10-15H2,1-3H3,(H2,20,22,23). The van der Waals surface area contributed by atoms with E-state index in [1.54, 1.807) is 0 Å². The lowest BCUT2D eigenvalue weighted by Gasteiger charge is -2.35. The lowest BCUT2D eigenvalue weighted by Crippen LogP contribution is -2.41. The molecule has 0 saturated carbocycles. The minimum Gasteiger partial charge on any atom is -0.357 e. The quantitative estimate of drug-likeness (QED) is 0.458. The minimum atomic E-state index is 0.608. The van der Waals surface area contributed by atoms with Gasteiger partial charge in [0.1, 0.15) is 0 Å². The Labute approximate surface area is 147 Å². The molecular weight excluding hydrogens is 298 g/mol. The summed E-state index contributed by atoms with van der Waals surface area (Å²) in [6, 6.07) is 5.93. The van der Waals surface area contributed by atoms with E-state index in [1.165, 1.54) is 26.1 Å². The molecule has 0 bridgehead atoms. The fourth-order valence-corrected chi connectivity index (χ4v) is 3.48. The lowest BCUT2D eigenvalue weighted by molar-refractivity contribution is 0.140. The van der Waals surface area contributed by atoms with Crippen LogP contribution in [-0.4, -0.2) is 48.6 Å². The molecule has 1 aromatic heterocycles. The van der Waals surface area contributed by atoms with Crippen LogP contribution in [0.1, 0.15) is 39.3 Å². The van der Waals surface area contributed by atoms with Crippen molar-refractivity contribution in [2.75, 3.05) is 32.7 Å². The number of aromatic nitrogens is 1. The second-order valence-corrected chi connectivity index (χ2v) is 7.00. The first kappa shape index (κ1) is 18.7. The third-order valence-electron chi connectivity index (χ3n) is 4.36. The fraction of sp³-hybridized carbons (Fsp3) is 0.684. The Hall–Kier alpha value is -1.62. The molecule has 2 unspecified atom stereocenters. The van der Waals surface area contributed by atoms with Crippen LogP contribution < -0.4 is 10.6 Å². The summed E-state index contributed by atoms with van der Waals surface area (Å²) in [5.41, 5.74) is 0.992. The van der Waals surface area contributed by atoms with E-state index in [2.05, 4.69) is 46.3 Å². The van der Waals surface area contributed by atoms with Crippen molar-refractivity contribution in [3.05, 3.63) is 30.1 Å². The topological polar surface area (TPSA) is 52.6 Å². The van der Waals surface area contributed by atoms with Gasteiger partial charge in [0.15, 0.2) is 5.96 Å². The lowest BCUT2D eigenvalue weighted by atomic mass is 9.92. The normalized spacial score (nSPS) is 22.4. The molecule has 0 amide bonds. The summed E-state index contributed by atoms with van der Waals surface area (Å²) in [5.74, 6) is 2.54. The van der Waals surface area contributed by atoms with Crippen molar-refractivity contribution < 1.29 is 0 Å². The predicted molar refractivity (Wildman–Crippen MR) is 101 cm³/mol. The molecule has 0 aromatic carbocycles. The highest BCUT2D eigenvalue weighted by Gasteiger charge is 2.20. The molecule has 5 heteroatoms. The zero-order valence-electron chi connectivity index (χ0n) is 15.5. The molecule has 1 aliphatic rings. The van der Waals surface area contributed by atoms with Crippen molar-refractivity contribution in [1.29, 1.82) is 0 Å². The van der Waals surface area contributed by atoms with E-state index in [9.17, 15) is 0 Å². The third-order valence-corrected chi connectivity index (χ3v) is 4.36. The average Bonchev–Trinajstić information content (AvgIpc) is 2.56. The summed E-state index contributed by atoms with van der Waals surface area (Å²) in [5, 5.41) is 6.74. The summed E-state index contributed by atoms with van der Waals surface area (Å²) in [6.45, 7) is 12.9. The van der Waals surface area contributed by atoms with Crippen LogP contribution in [0.15, 0.2) is 29.4 Å². The van der Waals surface area contributed by atoms with Gasteiger partial charge in [-0.3, -0.25) is 4.98 Å². The first-order valence-electron chi connectivity index (χ1n) is 9.31. The van der Waals surface area contributed by atoms with Crippen LogP contribution in [0.2, 0.25) is 0 Å². The molecular formula is C19H33N5. The second-order valence-electron chi connectivity index (χ2n) is 7.00. The minimum absolute atomic E-state index is 0.608. The predicted octanol–water partition coefficient (Wildman–Crippen LogP) is 2.50. The molecule has 134 valence electrons. The zero-order valence-corrected chi connectivity index (χ0v) is 15.5. The van der Waals surface area contributed by atoms with Gasteiger partial charge in [0.05, 0.1) is 12.2 Å². The maximum Gasteiger partial charge on any atom is 0.191 e. The van der Waals surface area contributed by atoms with Gasteiger partial charge in [-0.05, 0) is 50.3 Å². The van der Waals surface area contributed by atoms with E-state index in [0.717, 1.165) is 43.0 Å². The molecule has 2 heterocycles. The van der Waals surface area contributed by atoms with E-state index in [0.29, 0.717) is 6.54 Å². The van der Waals surface area contributed by atoms with Gasteiger partial charge in [-0.15, -0.1) is 0 Å². The van der Waals surface area contributed by atoms with Crippen LogP contribution in [0, 0.1) is 11.8 Å². The Morgan fingerprint density at radius 3 is 2.71 bits per heavy atom. The van der Waals surface area contributed by atoms with Gasteiger partial charge in [-0.1, -0.05) is 19.9 Å². The molecule has 1 aromatic rings. The van der Waals surface area contributed by atoms with E-state index in [1.807, 2.05) is 24.4 Å². The monoisotopic (exact) mass is 331 g/mol. The first-order chi connectivity index (χ1) is 11.7. The summed E-state index contributed by atoms with van der Waals surface area (Å²) in [4.78, 5) is 11.5. The maximum absolute atomic E-state index is 4.61. The van der Waals surface area contributed by atoms with Gasteiger partial charge >= 0.3 is 0 Å². The molecule has 0 spiro atoms. The number of guanidine groups is 1. The number of piperidine rings is 1. The van der Waals surface area contributed by atoms with Gasteiger partial charge in [0.2, 0.25) is 0 Å². The number of pyridine rings is 1. The van der Waals surface area contributed by atoms with Crippen LogP contribution in [0.4, 0.5) is 0 Å². The Morgan fingerprint density at radius 1 is 1.25 bits per heavy atom. The molecule has 24 heavy (non-hydrogen) atoms. The third kappa shape index (κ3) is 6.87. The number of likely N-dealkylation sites (tertiary alicyclic amines) is 1. The van der Waals surface area contributed by atoms with E-state index >= 15 is 0 Å². The molecule has 2 atom stereocenters. The molecule has 0 aliphatic carbocycles. The molecule has 0 radical (unpaired) electrons. The van der Waals surface area contributed by atoms with Gasteiger partial charge < -0.3 is 15.5 Å². The van der Waals surface area contributed by atoms with Crippen LogP contribution in [-0.2, 0) is 6.54 Å². The van der Waals surface area contributed by atoms with Crippen molar-refractivity contribution in [3.8, 4) is 0 Å². The molecule has 2 rings (SSSR count). The first-order valence-corrected chi connectivity index (χ1v) is 9.31. The van der Waals surface area contributed by atoms with Crippen molar-refractivity contribution >= 4 is 5.96 Å². The highest BCUT2D eigenvalue weighted by molar-refractivity contribution is 5.79. The summed E-state index contributed by atoms with van der Waals surface area (Å²) >= 11 is 0. The number of hydrogen-bond donors (Lipinski definition) is 2. The Bertz CT molecular complexity index is 478. The maximum atomic E-state index is 4.61.